The molecule has 1 aromatic carbocycles. The Bertz CT molecular complexity index is 709. The number of halogens is 1. The first-order valence-corrected chi connectivity index (χ1v) is 9.97. The van der Waals surface area contributed by atoms with Crippen LogP contribution < -0.4 is 25.2 Å². The molecule has 0 aliphatic heterocycles. The Morgan fingerprint density at radius 2 is 1.74 bits per heavy atom. The van der Waals surface area contributed by atoms with Gasteiger partial charge in [0.25, 0.3) is 0 Å². The van der Waals surface area contributed by atoms with Gasteiger partial charge in [-0.3, -0.25) is 4.79 Å². The Morgan fingerprint density at radius 3 is 2.26 bits per heavy atom. The third kappa shape index (κ3) is 7.53. The van der Waals surface area contributed by atoms with Crippen LogP contribution in [0.3, 0.4) is 0 Å². The maximum absolute atomic E-state index is 12.3. The second-order valence-corrected chi connectivity index (χ2v) is 7.78. The lowest BCUT2D eigenvalue weighted by atomic mass is 9.94. The number of amides is 1. The minimum absolute atomic E-state index is 0. The Hall–Kier alpha value is -1.55. The van der Waals surface area contributed by atoms with E-state index in [1.807, 2.05) is 13.8 Å². The minimum atomic E-state index is -3.76. The molecule has 0 heterocycles. The van der Waals surface area contributed by atoms with Crippen LogP contribution >= 0.6 is 12.4 Å². The molecule has 0 fully saturated rings. The number of carbonyl (C=O) groups excluding carboxylic acids is 1. The van der Waals surface area contributed by atoms with Gasteiger partial charge in [0.15, 0.2) is 11.5 Å². The van der Waals surface area contributed by atoms with Crippen molar-refractivity contribution in [3.63, 3.8) is 0 Å². The lowest BCUT2D eigenvalue weighted by Crippen LogP contribution is -2.49. The molecular weight excluding hydrogens is 394 g/mol. The Labute approximate surface area is 167 Å². The van der Waals surface area contributed by atoms with Gasteiger partial charge in [-0.15, -0.1) is 12.4 Å². The third-order valence-electron chi connectivity index (χ3n) is 4.36. The zero-order valence-electron chi connectivity index (χ0n) is 16.2. The topological polar surface area (TPSA) is 120 Å². The summed E-state index contributed by atoms with van der Waals surface area (Å²) in [5.74, 6) is 0.492. The molecule has 0 unspecified atom stereocenters. The van der Waals surface area contributed by atoms with Gasteiger partial charge in [0, 0.05) is 31.1 Å². The second-order valence-electron chi connectivity index (χ2n) is 6.01. The highest BCUT2D eigenvalue weighted by Crippen LogP contribution is 2.29. The maximum atomic E-state index is 12.3. The van der Waals surface area contributed by atoms with E-state index < -0.39 is 15.6 Å². The van der Waals surface area contributed by atoms with Gasteiger partial charge >= 0.3 is 0 Å². The number of hydrogen-bond acceptors (Lipinski definition) is 6. The van der Waals surface area contributed by atoms with Gasteiger partial charge < -0.3 is 20.5 Å². The quantitative estimate of drug-likeness (QED) is 0.495. The molecule has 10 heteroatoms. The number of hydrogen-bond donors (Lipinski definition) is 3. The van der Waals surface area contributed by atoms with Crippen molar-refractivity contribution < 1.29 is 22.7 Å². The summed E-state index contributed by atoms with van der Waals surface area (Å²) in [7, 11) is -0.862. The molecule has 27 heavy (non-hydrogen) atoms. The smallest absolute Gasteiger partial charge is 0.240 e. The Balaban J connectivity index is 0.00000676. The van der Waals surface area contributed by atoms with E-state index in [2.05, 4.69) is 10.0 Å². The van der Waals surface area contributed by atoms with Gasteiger partial charge in [0.05, 0.1) is 19.1 Å². The fourth-order valence-electron chi connectivity index (χ4n) is 2.23. The van der Waals surface area contributed by atoms with Gasteiger partial charge in [-0.25, -0.2) is 13.1 Å². The summed E-state index contributed by atoms with van der Waals surface area (Å²) in [6.07, 6.45) is 1.52. The van der Waals surface area contributed by atoms with Gasteiger partial charge in [-0.1, -0.05) is 13.8 Å². The molecular formula is C17H30ClN3O5S. The number of ether oxygens (including phenoxy) is 2. The standard InChI is InChI=1S/C17H29N3O5S.ClH/c1-5-17(18,6-2)12-19-16(21)9-10-20-26(22,23)13-7-8-14(24-3)15(11-13)25-4;/h7-8,11,20H,5-6,9-10,12,18H2,1-4H3,(H,19,21);1H. The summed E-state index contributed by atoms with van der Waals surface area (Å²) in [6, 6.07) is 4.29. The van der Waals surface area contributed by atoms with Crippen molar-refractivity contribution in [3.8, 4) is 11.5 Å². The number of sulfonamides is 1. The first kappa shape index (κ1) is 25.4. The van der Waals surface area contributed by atoms with Crippen LogP contribution in [0.5, 0.6) is 11.5 Å². The Kier molecular flexibility index (Phi) is 10.7. The van der Waals surface area contributed by atoms with Crippen LogP contribution in [0.25, 0.3) is 0 Å². The molecule has 156 valence electrons. The highest BCUT2D eigenvalue weighted by Gasteiger charge is 2.21. The van der Waals surface area contributed by atoms with Gasteiger partial charge in [-0.2, -0.15) is 0 Å². The zero-order valence-corrected chi connectivity index (χ0v) is 17.8. The molecule has 1 rings (SSSR count). The molecule has 0 spiro atoms. The van der Waals surface area contributed by atoms with Crippen LogP contribution in [0.1, 0.15) is 33.1 Å². The van der Waals surface area contributed by atoms with E-state index in [4.69, 9.17) is 15.2 Å². The highest BCUT2D eigenvalue weighted by atomic mass is 35.5. The van der Waals surface area contributed by atoms with E-state index in [0.717, 1.165) is 12.8 Å². The van der Waals surface area contributed by atoms with E-state index in [9.17, 15) is 13.2 Å². The molecule has 8 nitrogen and oxygen atoms in total. The summed E-state index contributed by atoms with van der Waals surface area (Å²) in [5, 5.41) is 2.75. The summed E-state index contributed by atoms with van der Waals surface area (Å²) < 4.78 is 37.3. The normalized spacial score (nSPS) is 11.4. The number of nitrogens with one attached hydrogen (secondary N) is 2. The molecule has 0 aliphatic rings. The predicted octanol–water partition coefficient (Wildman–Crippen LogP) is 1.43. The molecule has 0 bridgehead atoms. The lowest BCUT2D eigenvalue weighted by molar-refractivity contribution is -0.121. The number of carbonyl (C=O) groups is 1. The average Bonchev–Trinajstić information content (AvgIpc) is 2.65. The summed E-state index contributed by atoms with van der Waals surface area (Å²) in [5.41, 5.74) is 5.69. The van der Waals surface area contributed by atoms with Gasteiger partial charge in [0.2, 0.25) is 15.9 Å². The predicted molar refractivity (Wildman–Crippen MR) is 107 cm³/mol. The van der Waals surface area contributed by atoms with Crippen molar-refractivity contribution in [2.24, 2.45) is 5.73 Å². The molecule has 1 aromatic rings. The van der Waals surface area contributed by atoms with Crippen LogP contribution in [0, 0.1) is 0 Å². The number of rotatable bonds is 11. The van der Waals surface area contributed by atoms with Crippen LogP contribution in [0.4, 0.5) is 0 Å². The average molecular weight is 424 g/mol. The van der Waals surface area contributed by atoms with Crippen molar-refractivity contribution in [3.05, 3.63) is 18.2 Å². The molecule has 0 aromatic heterocycles. The fourth-order valence-corrected chi connectivity index (χ4v) is 3.28. The van der Waals surface area contributed by atoms with Crippen LogP contribution in [-0.2, 0) is 14.8 Å². The van der Waals surface area contributed by atoms with Crippen LogP contribution in [0.15, 0.2) is 23.1 Å². The summed E-state index contributed by atoms with van der Waals surface area (Å²) >= 11 is 0. The molecule has 0 saturated carbocycles. The molecule has 0 aliphatic carbocycles. The maximum Gasteiger partial charge on any atom is 0.240 e. The van der Waals surface area contributed by atoms with E-state index in [1.54, 1.807) is 0 Å². The van der Waals surface area contributed by atoms with Gasteiger partial charge in [-0.05, 0) is 25.0 Å². The molecule has 0 saturated heterocycles. The fraction of sp³-hybridized carbons (Fsp3) is 0.588. The monoisotopic (exact) mass is 423 g/mol. The number of benzene rings is 1. The molecule has 0 atom stereocenters. The van der Waals surface area contributed by atoms with Crippen molar-refractivity contribution >= 4 is 28.3 Å². The second kappa shape index (κ2) is 11.3. The molecule has 4 N–H and O–H groups in total. The van der Waals surface area contributed by atoms with E-state index in [1.165, 1.54) is 32.4 Å². The molecule has 1 amide bonds. The highest BCUT2D eigenvalue weighted by molar-refractivity contribution is 7.89. The first-order valence-electron chi connectivity index (χ1n) is 8.48. The van der Waals surface area contributed by atoms with Crippen LogP contribution in [-0.4, -0.2) is 47.2 Å². The Morgan fingerprint density at radius 1 is 1.15 bits per heavy atom. The zero-order chi connectivity index (χ0) is 19.8. The number of nitrogens with two attached hydrogens (primary N) is 1. The summed E-state index contributed by atoms with van der Waals surface area (Å²) in [6.45, 7) is 4.28. The SMILES string of the molecule is CCC(N)(CC)CNC(=O)CCNS(=O)(=O)c1ccc(OC)c(OC)c1.Cl. The van der Waals surface area contributed by atoms with E-state index >= 15 is 0 Å². The number of methoxy groups -OCH3 is 2. The van der Waals surface area contributed by atoms with Crippen molar-refractivity contribution in [2.45, 2.75) is 43.5 Å². The minimum Gasteiger partial charge on any atom is -0.493 e. The van der Waals surface area contributed by atoms with Crippen molar-refractivity contribution in [1.82, 2.24) is 10.0 Å². The first-order chi connectivity index (χ1) is 12.2. The van der Waals surface area contributed by atoms with Crippen molar-refractivity contribution in [1.29, 1.82) is 0 Å². The van der Waals surface area contributed by atoms with Crippen LogP contribution in [0.2, 0.25) is 0 Å². The third-order valence-corrected chi connectivity index (χ3v) is 5.81. The summed E-state index contributed by atoms with van der Waals surface area (Å²) in [4.78, 5) is 11.9. The van der Waals surface area contributed by atoms with E-state index in [0.29, 0.717) is 18.0 Å². The van der Waals surface area contributed by atoms with E-state index in [-0.39, 0.29) is 36.2 Å². The molecule has 0 radical (unpaired) electrons. The van der Waals surface area contributed by atoms with Crippen molar-refractivity contribution in [2.75, 3.05) is 27.3 Å². The lowest BCUT2D eigenvalue weighted by Gasteiger charge is -2.26. The largest absolute Gasteiger partial charge is 0.493 e. The van der Waals surface area contributed by atoms with Gasteiger partial charge in [0.1, 0.15) is 0 Å².